The zero-order valence-corrected chi connectivity index (χ0v) is 4.33. The van der Waals surface area contributed by atoms with Crippen LogP contribution in [0, 0.1) is 0 Å². The van der Waals surface area contributed by atoms with E-state index in [-0.39, 0.29) is 0 Å². The molecule has 0 spiro atoms. The van der Waals surface area contributed by atoms with Gasteiger partial charge in [0.2, 0.25) is 0 Å². The molecule has 2 nitrogen and oxygen atoms in total. The Balaban J connectivity index is 2.21. The van der Waals surface area contributed by atoms with Crippen molar-refractivity contribution in [3.63, 3.8) is 0 Å². The number of hydrogen-bond acceptors (Lipinski definition) is 0. The molecule has 1 aliphatic rings. The van der Waals surface area contributed by atoms with Gasteiger partial charge in [-0.15, -0.1) is 0 Å². The molecule has 2 rings (SSSR count). The Kier molecular flexibility index (Phi) is 0.375. The molecule has 0 radical (unpaired) electrons. The minimum absolute atomic E-state index is 0.736. The zero-order valence-electron chi connectivity index (χ0n) is 4.33. The van der Waals surface area contributed by atoms with Crippen molar-refractivity contribution in [2.75, 3.05) is 0 Å². The highest BCUT2D eigenvalue weighted by atomic mass is 15.7. The van der Waals surface area contributed by atoms with Gasteiger partial charge in [0.1, 0.15) is 6.17 Å². The van der Waals surface area contributed by atoms with Crippen LogP contribution in [0.2, 0.25) is 0 Å². The van der Waals surface area contributed by atoms with E-state index in [1.54, 1.807) is 0 Å². The molecule has 0 saturated carbocycles. The molecule has 0 fully saturated rings. The van der Waals surface area contributed by atoms with E-state index in [9.17, 15) is 0 Å². The summed E-state index contributed by atoms with van der Waals surface area (Å²) in [4.78, 5) is 0. The fraction of sp³-hybridized carbons (Fsp3) is 0.600. The first-order valence-electron chi connectivity index (χ1n) is 2.68. The lowest BCUT2D eigenvalue weighted by Crippen LogP contribution is -1.75. The highest BCUT2D eigenvalue weighted by molar-refractivity contribution is 4.95. The van der Waals surface area contributed by atoms with Gasteiger partial charge in [-0.3, -0.25) is 9.36 Å². The third-order valence-electron chi connectivity index (χ3n) is 1.56. The molecule has 1 aliphatic heterocycles. The predicted octanol–water partition coefficient (Wildman–Crippen LogP) is 1.06. The quantitative estimate of drug-likeness (QED) is 0.494. The second-order valence-corrected chi connectivity index (χ2v) is 1.95. The lowest BCUT2D eigenvalue weighted by Gasteiger charge is -1.76. The van der Waals surface area contributed by atoms with Crippen LogP contribution in [-0.4, -0.2) is 9.36 Å². The zero-order chi connectivity index (χ0) is 4.85. The molecule has 0 aliphatic carbocycles. The Morgan fingerprint density at radius 2 is 2.00 bits per heavy atom. The van der Waals surface area contributed by atoms with Crippen LogP contribution in [0.5, 0.6) is 0 Å². The van der Waals surface area contributed by atoms with Crippen molar-refractivity contribution in [1.82, 2.24) is 9.36 Å². The van der Waals surface area contributed by atoms with Crippen molar-refractivity contribution in [2.24, 2.45) is 0 Å². The molecule has 0 aromatic carbocycles. The molecular formula is C5H8N2. The molecule has 38 valence electrons. The van der Waals surface area contributed by atoms with Crippen molar-refractivity contribution in [2.45, 2.75) is 19.5 Å². The van der Waals surface area contributed by atoms with E-state index in [1.165, 1.54) is 6.42 Å². The number of hydrogen-bond donors (Lipinski definition) is 0. The Morgan fingerprint density at radius 3 is 2.14 bits per heavy atom. The fourth-order valence-electron chi connectivity index (χ4n) is 1.03. The van der Waals surface area contributed by atoms with Gasteiger partial charge in [0.25, 0.3) is 0 Å². The molecule has 0 unspecified atom stereocenters. The lowest BCUT2D eigenvalue weighted by atomic mass is 10.4. The normalized spacial score (nSPS) is 17.3. The summed E-state index contributed by atoms with van der Waals surface area (Å²) in [5, 5.41) is 0. The molecule has 1 aromatic rings. The largest absolute Gasteiger partial charge is 0.265 e. The first-order valence-corrected chi connectivity index (χ1v) is 2.68. The van der Waals surface area contributed by atoms with Gasteiger partial charge in [-0.05, 0) is 6.42 Å². The molecule has 0 N–H and O–H groups in total. The summed E-state index contributed by atoms with van der Waals surface area (Å²) in [6.07, 6.45) is 6.19. The van der Waals surface area contributed by atoms with Crippen molar-refractivity contribution >= 4 is 0 Å². The van der Waals surface area contributed by atoms with Crippen LogP contribution in [0.3, 0.4) is 0 Å². The first kappa shape index (κ1) is 3.36. The molecule has 0 saturated heterocycles. The average molecular weight is 96.1 g/mol. The fourth-order valence-corrected chi connectivity index (χ4v) is 1.03. The van der Waals surface area contributed by atoms with Crippen LogP contribution in [0.15, 0.2) is 12.4 Å². The SMILES string of the molecule is CCC1n2ccn21. The van der Waals surface area contributed by atoms with Crippen LogP contribution in [-0.2, 0) is 0 Å². The maximum Gasteiger partial charge on any atom is 0.139 e. The minimum atomic E-state index is 0.736. The van der Waals surface area contributed by atoms with Crippen LogP contribution >= 0.6 is 0 Å². The summed E-state index contributed by atoms with van der Waals surface area (Å²) in [5.41, 5.74) is 0. The summed E-state index contributed by atoms with van der Waals surface area (Å²) in [7, 11) is 0. The van der Waals surface area contributed by atoms with Crippen molar-refractivity contribution in [3.05, 3.63) is 12.4 Å². The van der Waals surface area contributed by atoms with E-state index in [1.807, 2.05) is 0 Å². The summed E-state index contributed by atoms with van der Waals surface area (Å²) in [5.74, 6) is 0. The van der Waals surface area contributed by atoms with Crippen molar-refractivity contribution < 1.29 is 0 Å². The summed E-state index contributed by atoms with van der Waals surface area (Å²) >= 11 is 0. The number of nitrogens with zero attached hydrogens (tertiary/aromatic N) is 2. The van der Waals surface area contributed by atoms with Gasteiger partial charge >= 0.3 is 0 Å². The highest BCUT2D eigenvalue weighted by Crippen LogP contribution is 2.28. The lowest BCUT2D eigenvalue weighted by molar-refractivity contribution is 0.760. The van der Waals surface area contributed by atoms with Gasteiger partial charge in [0.15, 0.2) is 0 Å². The van der Waals surface area contributed by atoms with E-state index < -0.39 is 0 Å². The van der Waals surface area contributed by atoms with Crippen molar-refractivity contribution in [1.29, 1.82) is 0 Å². The number of rotatable bonds is 1. The molecule has 0 amide bonds. The van der Waals surface area contributed by atoms with E-state index in [2.05, 4.69) is 28.7 Å². The molecule has 0 bridgehead atoms. The average Bonchev–Trinajstić information content (AvgIpc) is 2.07. The topological polar surface area (TPSA) is 9.86 Å². The first-order chi connectivity index (χ1) is 3.43. The van der Waals surface area contributed by atoms with Gasteiger partial charge in [-0.25, -0.2) is 0 Å². The van der Waals surface area contributed by atoms with E-state index in [4.69, 9.17) is 0 Å². The maximum atomic E-state index is 2.22. The Morgan fingerprint density at radius 1 is 1.43 bits per heavy atom. The van der Waals surface area contributed by atoms with Crippen molar-refractivity contribution in [3.8, 4) is 0 Å². The Bertz CT molecular complexity index is 155. The number of aromatic nitrogens is 2. The summed E-state index contributed by atoms with van der Waals surface area (Å²) in [6.45, 7) is 2.20. The third kappa shape index (κ3) is 0.223. The van der Waals surface area contributed by atoms with Gasteiger partial charge in [-0.2, -0.15) is 0 Å². The second-order valence-electron chi connectivity index (χ2n) is 1.95. The van der Waals surface area contributed by atoms with Gasteiger partial charge < -0.3 is 0 Å². The standard InChI is InChI=1S/C5H8N2/c1-2-5-6-3-4-7(5)6/h3-5H,2H2,1H3. The number of fused-ring (bicyclic) bond motifs is 1. The third-order valence-corrected chi connectivity index (χ3v) is 1.56. The summed E-state index contributed by atoms with van der Waals surface area (Å²) < 4.78 is 4.44. The summed E-state index contributed by atoms with van der Waals surface area (Å²) in [6, 6.07) is 0. The molecule has 1 aromatic heterocycles. The predicted molar refractivity (Wildman–Crippen MR) is 27.1 cm³/mol. The Labute approximate surface area is 42.3 Å². The Hall–Kier alpha value is -0.660. The molecule has 7 heavy (non-hydrogen) atoms. The van der Waals surface area contributed by atoms with Crippen LogP contribution in [0.4, 0.5) is 0 Å². The second kappa shape index (κ2) is 0.782. The van der Waals surface area contributed by atoms with E-state index in [0.717, 1.165) is 6.17 Å². The molecular weight excluding hydrogens is 88.1 g/mol. The van der Waals surface area contributed by atoms with Gasteiger partial charge in [0, 0.05) is 12.4 Å². The van der Waals surface area contributed by atoms with E-state index >= 15 is 0 Å². The molecule has 2 heterocycles. The van der Waals surface area contributed by atoms with E-state index in [0.29, 0.717) is 0 Å². The van der Waals surface area contributed by atoms with Crippen LogP contribution in [0.25, 0.3) is 0 Å². The molecule has 0 atom stereocenters. The maximum absolute atomic E-state index is 2.22. The van der Waals surface area contributed by atoms with Gasteiger partial charge in [0.05, 0.1) is 0 Å². The smallest absolute Gasteiger partial charge is 0.139 e. The monoisotopic (exact) mass is 96.1 g/mol. The van der Waals surface area contributed by atoms with Crippen LogP contribution in [0.1, 0.15) is 19.5 Å². The highest BCUT2D eigenvalue weighted by Gasteiger charge is 2.28. The van der Waals surface area contributed by atoms with Gasteiger partial charge in [-0.1, -0.05) is 6.92 Å². The molecule has 2 heteroatoms. The minimum Gasteiger partial charge on any atom is -0.265 e. The van der Waals surface area contributed by atoms with Crippen LogP contribution < -0.4 is 0 Å².